The number of rotatable bonds is 6. The number of hydrogen-bond donors (Lipinski definition) is 1. The third kappa shape index (κ3) is 3.83. The van der Waals surface area contributed by atoms with E-state index in [4.69, 9.17) is 0 Å². The highest BCUT2D eigenvalue weighted by Gasteiger charge is 2.17. The van der Waals surface area contributed by atoms with Crippen molar-refractivity contribution in [3.05, 3.63) is 50.6 Å². The largest absolute Gasteiger partial charge is 0.313 e. The predicted molar refractivity (Wildman–Crippen MR) is 91.9 cm³/mol. The topological polar surface area (TPSA) is 29.9 Å². The van der Waals surface area contributed by atoms with Crippen molar-refractivity contribution >= 4 is 22.6 Å². The SMILES string of the molecule is CCc1cc(CC(NC)c2ccc(F)cc2I)n(CC)n1. The molecule has 1 heterocycles. The Hall–Kier alpha value is -0.950. The zero-order valence-corrected chi connectivity index (χ0v) is 14.8. The number of nitrogens with one attached hydrogen (secondary N) is 1. The van der Waals surface area contributed by atoms with E-state index in [2.05, 4.69) is 57.6 Å². The molecule has 3 nitrogen and oxygen atoms in total. The van der Waals surface area contributed by atoms with Gasteiger partial charge in [-0.1, -0.05) is 13.0 Å². The summed E-state index contributed by atoms with van der Waals surface area (Å²) in [6, 6.07) is 7.30. The molecule has 0 aliphatic rings. The Balaban J connectivity index is 2.28. The zero-order chi connectivity index (χ0) is 15.4. The van der Waals surface area contributed by atoms with Crippen LogP contribution in [0.15, 0.2) is 24.3 Å². The number of aryl methyl sites for hydroxylation is 2. The van der Waals surface area contributed by atoms with Gasteiger partial charge < -0.3 is 5.32 Å². The quantitative estimate of drug-likeness (QED) is 0.748. The number of hydrogen-bond acceptors (Lipinski definition) is 2. The van der Waals surface area contributed by atoms with E-state index >= 15 is 0 Å². The maximum atomic E-state index is 13.3. The highest BCUT2D eigenvalue weighted by atomic mass is 127. The van der Waals surface area contributed by atoms with Crippen LogP contribution >= 0.6 is 22.6 Å². The molecule has 2 aromatic rings. The Morgan fingerprint density at radius 3 is 2.67 bits per heavy atom. The van der Waals surface area contributed by atoms with Gasteiger partial charge in [0.15, 0.2) is 0 Å². The Bertz CT molecular complexity index is 610. The van der Waals surface area contributed by atoms with Crippen LogP contribution in [0.4, 0.5) is 4.39 Å². The van der Waals surface area contributed by atoms with Gasteiger partial charge in [0.2, 0.25) is 0 Å². The van der Waals surface area contributed by atoms with E-state index in [9.17, 15) is 4.39 Å². The number of likely N-dealkylation sites (N-methyl/N-ethyl adjacent to an activating group) is 1. The fourth-order valence-corrected chi connectivity index (χ4v) is 3.34. The van der Waals surface area contributed by atoms with Gasteiger partial charge in [0, 0.05) is 28.3 Å². The molecular formula is C16H21FIN3. The summed E-state index contributed by atoms with van der Waals surface area (Å²) in [6.45, 7) is 5.09. The van der Waals surface area contributed by atoms with Gasteiger partial charge in [0.05, 0.1) is 5.69 Å². The molecule has 0 saturated carbocycles. The summed E-state index contributed by atoms with van der Waals surface area (Å²) >= 11 is 2.20. The molecule has 5 heteroatoms. The number of aromatic nitrogens is 2. The highest BCUT2D eigenvalue weighted by molar-refractivity contribution is 14.1. The number of halogens is 2. The molecule has 2 rings (SSSR count). The molecule has 114 valence electrons. The Labute approximate surface area is 139 Å². The maximum Gasteiger partial charge on any atom is 0.124 e. The van der Waals surface area contributed by atoms with Crippen molar-refractivity contribution in [2.75, 3.05) is 7.05 Å². The van der Waals surface area contributed by atoms with Gasteiger partial charge in [-0.25, -0.2) is 4.39 Å². The molecule has 0 saturated heterocycles. The smallest absolute Gasteiger partial charge is 0.124 e. The first-order valence-corrected chi connectivity index (χ1v) is 8.34. The third-order valence-corrected chi connectivity index (χ3v) is 4.61. The van der Waals surface area contributed by atoms with Crippen LogP contribution in [0.5, 0.6) is 0 Å². The first-order chi connectivity index (χ1) is 10.1. The zero-order valence-electron chi connectivity index (χ0n) is 12.7. The van der Waals surface area contributed by atoms with Crippen molar-refractivity contribution in [3.63, 3.8) is 0 Å². The van der Waals surface area contributed by atoms with E-state index < -0.39 is 0 Å². The summed E-state index contributed by atoms with van der Waals surface area (Å²) in [4.78, 5) is 0. The van der Waals surface area contributed by atoms with Crippen LogP contribution in [0.1, 0.15) is 36.8 Å². The van der Waals surface area contributed by atoms with Crippen molar-refractivity contribution in [3.8, 4) is 0 Å². The second kappa shape index (κ2) is 7.35. The average molecular weight is 401 g/mol. The molecule has 0 spiro atoms. The van der Waals surface area contributed by atoms with Crippen molar-refractivity contribution in [1.82, 2.24) is 15.1 Å². The fourth-order valence-electron chi connectivity index (χ4n) is 2.49. The van der Waals surface area contributed by atoms with E-state index in [0.29, 0.717) is 0 Å². The summed E-state index contributed by atoms with van der Waals surface area (Å²) in [5, 5.41) is 7.93. The minimum atomic E-state index is -0.190. The molecule has 1 aromatic heterocycles. The van der Waals surface area contributed by atoms with Crippen LogP contribution < -0.4 is 5.32 Å². The molecule has 0 aliphatic carbocycles. The van der Waals surface area contributed by atoms with E-state index in [-0.39, 0.29) is 11.9 Å². The van der Waals surface area contributed by atoms with Crippen LogP contribution in [-0.2, 0) is 19.4 Å². The van der Waals surface area contributed by atoms with E-state index in [1.165, 1.54) is 11.8 Å². The molecule has 0 aliphatic heterocycles. The van der Waals surface area contributed by atoms with Gasteiger partial charge in [0.25, 0.3) is 0 Å². The van der Waals surface area contributed by atoms with Gasteiger partial charge in [-0.2, -0.15) is 5.10 Å². The lowest BCUT2D eigenvalue weighted by Gasteiger charge is -2.18. The molecule has 1 aromatic carbocycles. The van der Waals surface area contributed by atoms with Gasteiger partial charge in [0.1, 0.15) is 5.82 Å². The standard InChI is InChI=1S/C16H21FIN3/c1-4-12-9-13(21(5-2)20-12)10-16(19-3)14-7-6-11(17)8-15(14)18/h6-9,16,19H,4-5,10H2,1-3H3. The minimum absolute atomic E-state index is 0.157. The molecular weight excluding hydrogens is 380 g/mol. The second-order valence-electron chi connectivity index (χ2n) is 5.01. The monoisotopic (exact) mass is 401 g/mol. The first kappa shape index (κ1) is 16.4. The molecule has 1 unspecified atom stereocenters. The van der Waals surface area contributed by atoms with E-state index in [1.807, 2.05) is 13.1 Å². The summed E-state index contributed by atoms with van der Waals surface area (Å²) in [7, 11) is 1.94. The molecule has 0 fully saturated rings. The minimum Gasteiger partial charge on any atom is -0.313 e. The third-order valence-electron chi connectivity index (χ3n) is 3.68. The summed E-state index contributed by atoms with van der Waals surface area (Å²) < 4.78 is 16.3. The lowest BCUT2D eigenvalue weighted by Crippen LogP contribution is -2.21. The molecule has 21 heavy (non-hydrogen) atoms. The van der Waals surface area contributed by atoms with E-state index in [0.717, 1.165) is 34.2 Å². The summed E-state index contributed by atoms with van der Waals surface area (Å²) in [5.74, 6) is -0.190. The molecule has 1 atom stereocenters. The number of nitrogens with zero attached hydrogens (tertiary/aromatic N) is 2. The van der Waals surface area contributed by atoms with Crippen LogP contribution in [0.2, 0.25) is 0 Å². The van der Waals surface area contributed by atoms with Crippen molar-refractivity contribution < 1.29 is 4.39 Å². The van der Waals surface area contributed by atoms with Crippen molar-refractivity contribution in [1.29, 1.82) is 0 Å². The lowest BCUT2D eigenvalue weighted by molar-refractivity contribution is 0.537. The normalized spacial score (nSPS) is 12.6. The van der Waals surface area contributed by atoms with Crippen LogP contribution in [-0.4, -0.2) is 16.8 Å². The summed E-state index contributed by atoms with van der Waals surface area (Å²) in [6.07, 6.45) is 1.79. The fraction of sp³-hybridized carbons (Fsp3) is 0.438. The molecule has 0 bridgehead atoms. The Morgan fingerprint density at radius 1 is 1.33 bits per heavy atom. The average Bonchev–Trinajstić information content (AvgIpc) is 2.87. The molecule has 1 N–H and O–H groups in total. The second-order valence-corrected chi connectivity index (χ2v) is 6.17. The van der Waals surface area contributed by atoms with Crippen molar-refractivity contribution in [2.24, 2.45) is 0 Å². The van der Waals surface area contributed by atoms with Crippen LogP contribution in [0, 0.1) is 9.39 Å². The first-order valence-electron chi connectivity index (χ1n) is 7.26. The summed E-state index contributed by atoms with van der Waals surface area (Å²) in [5.41, 5.74) is 3.46. The molecule has 0 radical (unpaired) electrons. The molecule has 0 amide bonds. The highest BCUT2D eigenvalue weighted by Crippen LogP contribution is 2.24. The van der Waals surface area contributed by atoms with Gasteiger partial charge in [-0.05, 0) is 66.7 Å². The Morgan fingerprint density at radius 2 is 2.10 bits per heavy atom. The van der Waals surface area contributed by atoms with Crippen molar-refractivity contribution in [2.45, 2.75) is 39.3 Å². The van der Waals surface area contributed by atoms with Crippen LogP contribution in [0.25, 0.3) is 0 Å². The van der Waals surface area contributed by atoms with Gasteiger partial charge in [-0.15, -0.1) is 0 Å². The van der Waals surface area contributed by atoms with Gasteiger partial charge in [-0.3, -0.25) is 4.68 Å². The van der Waals surface area contributed by atoms with E-state index in [1.54, 1.807) is 6.07 Å². The van der Waals surface area contributed by atoms with Gasteiger partial charge >= 0.3 is 0 Å². The van der Waals surface area contributed by atoms with Crippen LogP contribution in [0.3, 0.4) is 0 Å². The predicted octanol–water partition coefficient (Wildman–Crippen LogP) is 3.71. The number of benzene rings is 1. The maximum absolute atomic E-state index is 13.3. The lowest BCUT2D eigenvalue weighted by atomic mass is 10.0. The Kier molecular flexibility index (Phi) is 5.75.